The lowest BCUT2D eigenvalue weighted by molar-refractivity contribution is -0.130. The average Bonchev–Trinajstić information content (AvgIpc) is 3.38. The van der Waals surface area contributed by atoms with Gasteiger partial charge in [-0.25, -0.2) is 4.68 Å². The summed E-state index contributed by atoms with van der Waals surface area (Å²) in [6, 6.07) is 13.1. The van der Waals surface area contributed by atoms with Crippen LogP contribution in [0.1, 0.15) is 17.4 Å². The molecule has 144 valence electrons. The fourth-order valence-corrected chi connectivity index (χ4v) is 4.17. The van der Waals surface area contributed by atoms with E-state index in [9.17, 15) is 9.59 Å². The van der Waals surface area contributed by atoms with E-state index in [1.54, 1.807) is 38.8 Å². The topological polar surface area (TPSA) is 58.4 Å². The van der Waals surface area contributed by atoms with E-state index in [0.717, 1.165) is 10.6 Å². The normalized spacial score (nSPS) is 14.4. The van der Waals surface area contributed by atoms with Crippen molar-refractivity contribution in [1.29, 1.82) is 0 Å². The van der Waals surface area contributed by atoms with Gasteiger partial charge in [-0.05, 0) is 29.6 Å². The Bertz CT molecular complexity index is 1010. The maximum atomic E-state index is 13.3. The number of para-hydroxylation sites is 1. The van der Waals surface area contributed by atoms with Gasteiger partial charge in [0.1, 0.15) is 11.4 Å². The van der Waals surface area contributed by atoms with Crippen LogP contribution in [0.15, 0.2) is 47.8 Å². The minimum absolute atomic E-state index is 0.0354. The number of halogens is 1. The molecule has 2 amide bonds. The molecule has 0 unspecified atom stereocenters. The number of nitrogens with zero attached hydrogens (tertiary/aromatic N) is 4. The van der Waals surface area contributed by atoms with Crippen LogP contribution in [-0.4, -0.2) is 57.6 Å². The lowest BCUT2D eigenvalue weighted by Gasteiger charge is -2.34. The van der Waals surface area contributed by atoms with Crippen molar-refractivity contribution >= 4 is 34.8 Å². The van der Waals surface area contributed by atoms with E-state index in [-0.39, 0.29) is 11.8 Å². The lowest BCUT2D eigenvalue weighted by atomic mass is 10.2. The predicted molar refractivity (Wildman–Crippen MR) is 110 cm³/mol. The van der Waals surface area contributed by atoms with E-state index in [4.69, 9.17) is 11.6 Å². The summed E-state index contributed by atoms with van der Waals surface area (Å²) < 4.78 is 1.62. The standard InChI is InChI=1S/C20H19ClN4O2S/c1-14(26)23-8-10-24(11-9-23)20(27)18-13-16(19-7-4-12-28-19)22-25(18)17-6-3-2-5-15(17)21/h2-7,12-13H,8-11H2,1H3. The van der Waals surface area contributed by atoms with Crippen LogP contribution in [-0.2, 0) is 4.79 Å². The van der Waals surface area contributed by atoms with E-state index in [0.29, 0.717) is 42.6 Å². The minimum Gasteiger partial charge on any atom is -0.339 e. The van der Waals surface area contributed by atoms with Gasteiger partial charge in [-0.3, -0.25) is 9.59 Å². The highest BCUT2D eigenvalue weighted by atomic mass is 35.5. The van der Waals surface area contributed by atoms with Crippen LogP contribution in [0.2, 0.25) is 5.02 Å². The summed E-state index contributed by atoms with van der Waals surface area (Å²) in [4.78, 5) is 29.3. The number of thiophene rings is 1. The molecule has 1 aliphatic heterocycles. The lowest BCUT2D eigenvalue weighted by Crippen LogP contribution is -2.50. The number of hydrogen-bond acceptors (Lipinski definition) is 4. The number of hydrogen-bond donors (Lipinski definition) is 0. The van der Waals surface area contributed by atoms with Gasteiger partial charge in [0, 0.05) is 33.1 Å². The highest BCUT2D eigenvalue weighted by Crippen LogP contribution is 2.28. The summed E-state index contributed by atoms with van der Waals surface area (Å²) in [6.07, 6.45) is 0. The third-order valence-corrected chi connectivity index (χ3v) is 6.01. The number of aromatic nitrogens is 2. The van der Waals surface area contributed by atoms with Crippen LogP contribution in [0.4, 0.5) is 0 Å². The Morgan fingerprint density at radius 2 is 1.75 bits per heavy atom. The Hall–Kier alpha value is -2.64. The zero-order chi connectivity index (χ0) is 19.7. The predicted octanol–water partition coefficient (Wildman–Crippen LogP) is 3.56. The van der Waals surface area contributed by atoms with Crippen molar-refractivity contribution in [2.24, 2.45) is 0 Å². The Balaban J connectivity index is 1.70. The van der Waals surface area contributed by atoms with Gasteiger partial charge >= 0.3 is 0 Å². The first kappa shape index (κ1) is 18.7. The fourth-order valence-electron chi connectivity index (χ4n) is 3.27. The third-order valence-electron chi connectivity index (χ3n) is 4.79. The molecule has 1 aliphatic rings. The van der Waals surface area contributed by atoms with Gasteiger partial charge in [0.05, 0.1) is 15.6 Å². The zero-order valence-electron chi connectivity index (χ0n) is 15.3. The van der Waals surface area contributed by atoms with E-state index in [1.807, 2.05) is 41.8 Å². The van der Waals surface area contributed by atoms with Crippen LogP contribution < -0.4 is 0 Å². The zero-order valence-corrected chi connectivity index (χ0v) is 16.9. The highest BCUT2D eigenvalue weighted by molar-refractivity contribution is 7.13. The summed E-state index contributed by atoms with van der Waals surface area (Å²) in [5.41, 5.74) is 1.87. The molecule has 0 N–H and O–H groups in total. The summed E-state index contributed by atoms with van der Waals surface area (Å²) in [5.74, 6) is -0.0772. The van der Waals surface area contributed by atoms with E-state index in [1.165, 1.54) is 0 Å². The number of amides is 2. The highest BCUT2D eigenvalue weighted by Gasteiger charge is 2.27. The van der Waals surface area contributed by atoms with Crippen molar-refractivity contribution in [3.8, 4) is 16.3 Å². The van der Waals surface area contributed by atoms with Gasteiger partial charge in [-0.2, -0.15) is 5.10 Å². The van der Waals surface area contributed by atoms with Gasteiger partial charge in [0.15, 0.2) is 0 Å². The second-order valence-electron chi connectivity index (χ2n) is 6.55. The summed E-state index contributed by atoms with van der Waals surface area (Å²) in [5, 5.41) is 7.18. The second-order valence-corrected chi connectivity index (χ2v) is 7.91. The largest absolute Gasteiger partial charge is 0.339 e. The molecular formula is C20H19ClN4O2S. The van der Waals surface area contributed by atoms with Crippen molar-refractivity contribution in [2.75, 3.05) is 26.2 Å². The van der Waals surface area contributed by atoms with Gasteiger partial charge < -0.3 is 9.80 Å². The molecule has 3 aromatic rings. The van der Waals surface area contributed by atoms with Crippen molar-refractivity contribution in [2.45, 2.75) is 6.92 Å². The van der Waals surface area contributed by atoms with E-state index >= 15 is 0 Å². The Morgan fingerprint density at radius 3 is 2.39 bits per heavy atom. The molecule has 8 heteroatoms. The second kappa shape index (κ2) is 7.77. The monoisotopic (exact) mass is 414 g/mol. The molecule has 0 radical (unpaired) electrons. The summed E-state index contributed by atoms with van der Waals surface area (Å²) >= 11 is 7.95. The molecule has 0 aliphatic carbocycles. The minimum atomic E-state index is -0.113. The van der Waals surface area contributed by atoms with Crippen molar-refractivity contribution < 1.29 is 9.59 Å². The Kier molecular flexibility index (Phi) is 5.19. The molecule has 3 heterocycles. The molecule has 1 fully saturated rings. The summed E-state index contributed by atoms with van der Waals surface area (Å²) in [7, 11) is 0. The number of carbonyl (C=O) groups is 2. The molecule has 0 bridgehead atoms. The molecular weight excluding hydrogens is 396 g/mol. The number of rotatable bonds is 3. The molecule has 0 spiro atoms. The molecule has 0 saturated carbocycles. The maximum Gasteiger partial charge on any atom is 0.272 e. The first-order valence-corrected chi connectivity index (χ1v) is 10.2. The molecule has 6 nitrogen and oxygen atoms in total. The first-order chi connectivity index (χ1) is 13.5. The van der Waals surface area contributed by atoms with Gasteiger partial charge in [0.25, 0.3) is 5.91 Å². The van der Waals surface area contributed by atoms with Crippen molar-refractivity contribution in [3.63, 3.8) is 0 Å². The van der Waals surface area contributed by atoms with Crippen LogP contribution in [0, 0.1) is 0 Å². The molecule has 28 heavy (non-hydrogen) atoms. The number of carbonyl (C=O) groups excluding carboxylic acids is 2. The summed E-state index contributed by atoms with van der Waals surface area (Å²) in [6.45, 7) is 3.64. The Labute approximate surface area is 171 Å². The maximum absolute atomic E-state index is 13.3. The van der Waals surface area contributed by atoms with Crippen molar-refractivity contribution in [3.05, 3.63) is 58.6 Å². The smallest absolute Gasteiger partial charge is 0.272 e. The molecule has 1 saturated heterocycles. The van der Waals surface area contributed by atoms with E-state index in [2.05, 4.69) is 5.10 Å². The fraction of sp³-hybridized carbons (Fsp3) is 0.250. The Morgan fingerprint density at radius 1 is 1.04 bits per heavy atom. The average molecular weight is 415 g/mol. The quantitative estimate of drug-likeness (QED) is 0.658. The molecule has 1 aromatic carbocycles. The SMILES string of the molecule is CC(=O)N1CCN(C(=O)c2cc(-c3cccs3)nn2-c2ccccc2Cl)CC1. The first-order valence-electron chi connectivity index (χ1n) is 8.98. The number of benzene rings is 1. The molecule has 2 aromatic heterocycles. The van der Waals surface area contributed by atoms with Crippen LogP contribution in [0.3, 0.4) is 0 Å². The molecule has 4 rings (SSSR count). The van der Waals surface area contributed by atoms with Gasteiger partial charge in [0.2, 0.25) is 5.91 Å². The number of piperazine rings is 1. The van der Waals surface area contributed by atoms with Crippen LogP contribution in [0.25, 0.3) is 16.3 Å². The van der Waals surface area contributed by atoms with Gasteiger partial charge in [-0.1, -0.05) is 29.8 Å². The third kappa shape index (κ3) is 3.55. The van der Waals surface area contributed by atoms with Crippen LogP contribution in [0.5, 0.6) is 0 Å². The van der Waals surface area contributed by atoms with Crippen molar-refractivity contribution in [1.82, 2.24) is 19.6 Å². The molecule has 0 atom stereocenters. The van der Waals surface area contributed by atoms with E-state index < -0.39 is 0 Å². The van der Waals surface area contributed by atoms with Gasteiger partial charge in [-0.15, -0.1) is 11.3 Å². The van der Waals surface area contributed by atoms with Crippen LogP contribution >= 0.6 is 22.9 Å².